The molecule has 136 valence electrons. The first-order chi connectivity index (χ1) is 12.3. The van der Waals surface area contributed by atoms with Gasteiger partial charge in [0.1, 0.15) is 17.3 Å². The second kappa shape index (κ2) is 8.87. The van der Waals surface area contributed by atoms with E-state index >= 15 is 0 Å². The van der Waals surface area contributed by atoms with Gasteiger partial charge in [-0.3, -0.25) is 4.90 Å². The maximum Gasteiger partial charge on any atom is 0.127 e. The predicted molar refractivity (Wildman–Crippen MR) is 95.9 cm³/mol. The lowest BCUT2D eigenvalue weighted by molar-refractivity contribution is 0.0897. The fraction of sp³-hybridized carbons (Fsp3) is 0.526. The molecule has 0 atom stereocenters. The second-order valence-corrected chi connectivity index (χ2v) is 6.31. The van der Waals surface area contributed by atoms with Crippen LogP contribution in [0.2, 0.25) is 0 Å². The number of rotatable bonds is 3. The molecule has 0 amide bonds. The van der Waals surface area contributed by atoms with E-state index in [2.05, 4.69) is 20.5 Å². The van der Waals surface area contributed by atoms with Crippen molar-refractivity contribution < 1.29 is 14.2 Å². The van der Waals surface area contributed by atoms with Crippen LogP contribution in [0.15, 0.2) is 30.6 Å². The lowest BCUT2D eigenvalue weighted by Gasteiger charge is -2.24. The average molecular weight is 345 g/mol. The number of nitrogens with zero attached hydrogens (tertiary/aromatic N) is 3. The Morgan fingerprint density at radius 2 is 2.08 bits per heavy atom. The van der Waals surface area contributed by atoms with Crippen LogP contribution < -0.4 is 9.47 Å². The van der Waals surface area contributed by atoms with Crippen LogP contribution in [0.25, 0.3) is 0 Å². The van der Waals surface area contributed by atoms with E-state index in [9.17, 15) is 0 Å². The summed E-state index contributed by atoms with van der Waals surface area (Å²) in [6, 6.07) is 6.06. The van der Waals surface area contributed by atoms with Crippen LogP contribution in [-0.2, 0) is 24.9 Å². The summed E-state index contributed by atoms with van der Waals surface area (Å²) in [5, 5.41) is 0. The van der Waals surface area contributed by atoms with E-state index in [-0.39, 0.29) is 0 Å². The third-order valence-electron chi connectivity index (χ3n) is 4.45. The van der Waals surface area contributed by atoms with Gasteiger partial charge >= 0.3 is 0 Å². The van der Waals surface area contributed by atoms with Crippen LogP contribution in [-0.4, -0.2) is 47.9 Å². The van der Waals surface area contributed by atoms with E-state index in [1.807, 2.05) is 31.6 Å². The van der Waals surface area contributed by atoms with Crippen molar-refractivity contribution in [2.24, 2.45) is 7.05 Å². The molecule has 2 aromatic rings. The van der Waals surface area contributed by atoms with Crippen LogP contribution in [0.1, 0.15) is 24.2 Å². The van der Waals surface area contributed by atoms with Crippen LogP contribution in [0.3, 0.4) is 0 Å². The van der Waals surface area contributed by atoms with Gasteiger partial charge in [0.25, 0.3) is 0 Å². The Morgan fingerprint density at radius 3 is 2.88 bits per heavy atom. The first-order valence-electron chi connectivity index (χ1n) is 8.82. The Labute approximate surface area is 149 Å². The fourth-order valence-electron chi connectivity index (χ4n) is 2.91. The molecule has 0 N–H and O–H groups in total. The van der Waals surface area contributed by atoms with E-state index in [0.717, 1.165) is 68.6 Å². The number of methoxy groups -OCH3 is 1. The highest BCUT2D eigenvalue weighted by Crippen LogP contribution is 2.27. The molecule has 6 heteroatoms. The van der Waals surface area contributed by atoms with Gasteiger partial charge in [-0.1, -0.05) is 6.07 Å². The summed E-state index contributed by atoms with van der Waals surface area (Å²) in [6.07, 6.45) is 5.82. The molecular weight excluding hydrogens is 318 g/mol. The minimum atomic E-state index is 0.697. The highest BCUT2D eigenvalue weighted by atomic mass is 16.5. The molecule has 1 aliphatic rings. The number of ether oxygens (including phenoxy) is 3. The molecule has 0 saturated carbocycles. The predicted octanol–water partition coefficient (Wildman–Crippen LogP) is 2.62. The van der Waals surface area contributed by atoms with Crippen molar-refractivity contribution in [3.05, 3.63) is 42.0 Å². The molecule has 6 nitrogen and oxygen atoms in total. The molecule has 1 aliphatic heterocycles. The van der Waals surface area contributed by atoms with E-state index < -0.39 is 0 Å². The van der Waals surface area contributed by atoms with Gasteiger partial charge in [0.05, 0.1) is 26.9 Å². The highest BCUT2D eigenvalue weighted by molar-refractivity contribution is 5.40. The normalized spacial score (nSPS) is 17.0. The molecule has 0 spiro atoms. The molecular formula is C19H27N3O3. The summed E-state index contributed by atoms with van der Waals surface area (Å²) in [5.74, 6) is 2.78. The lowest BCUT2D eigenvalue weighted by atomic mass is 10.1. The zero-order valence-corrected chi connectivity index (χ0v) is 15.1. The molecule has 1 aromatic heterocycles. The topological polar surface area (TPSA) is 48.8 Å². The van der Waals surface area contributed by atoms with Gasteiger partial charge in [-0.05, 0) is 18.9 Å². The van der Waals surface area contributed by atoms with Crippen molar-refractivity contribution in [2.75, 3.05) is 33.5 Å². The number of aryl methyl sites for hydroxylation is 1. The van der Waals surface area contributed by atoms with Crippen LogP contribution in [0, 0.1) is 0 Å². The summed E-state index contributed by atoms with van der Waals surface area (Å²) in [6.45, 7) is 4.64. The van der Waals surface area contributed by atoms with Crippen LogP contribution in [0.4, 0.5) is 0 Å². The lowest BCUT2D eigenvalue weighted by Crippen LogP contribution is -2.29. The van der Waals surface area contributed by atoms with Gasteiger partial charge < -0.3 is 18.8 Å². The number of fused-ring (bicyclic) bond motifs is 1. The van der Waals surface area contributed by atoms with Crippen LogP contribution in [0.5, 0.6) is 11.5 Å². The van der Waals surface area contributed by atoms with Crippen molar-refractivity contribution in [3.63, 3.8) is 0 Å². The zero-order valence-electron chi connectivity index (χ0n) is 15.1. The first-order valence-corrected chi connectivity index (χ1v) is 8.82. The summed E-state index contributed by atoms with van der Waals surface area (Å²) < 4.78 is 19.2. The van der Waals surface area contributed by atoms with Gasteiger partial charge in [0.15, 0.2) is 0 Å². The summed E-state index contributed by atoms with van der Waals surface area (Å²) in [7, 11) is 3.71. The van der Waals surface area contributed by atoms with Crippen molar-refractivity contribution >= 4 is 0 Å². The second-order valence-electron chi connectivity index (χ2n) is 6.31. The average Bonchev–Trinajstić information content (AvgIpc) is 3.01. The Morgan fingerprint density at radius 1 is 1.20 bits per heavy atom. The first kappa shape index (κ1) is 17.8. The standard InChI is InChI=1S/C19H27N3O3/c1-21-8-7-20-19(21)15-22-9-12-24-10-3-4-11-25-18-13-17(23-2)6-5-16(18)14-22/h5-8,13H,3-4,9-12,14-15H2,1-2H3. The largest absolute Gasteiger partial charge is 0.497 e. The van der Waals surface area contributed by atoms with Gasteiger partial charge in [-0.2, -0.15) is 0 Å². The molecule has 0 fully saturated rings. The molecule has 1 aromatic carbocycles. The summed E-state index contributed by atoms with van der Waals surface area (Å²) in [5.41, 5.74) is 1.16. The smallest absolute Gasteiger partial charge is 0.127 e. The highest BCUT2D eigenvalue weighted by Gasteiger charge is 2.14. The quantitative estimate of drug-likeness (QED) is 0.856. The SMILES string of the molecule is COc1ccc2c(c1)OCCCCOCCN(Cc1nccn1C)C2. The summed E-state index contributed by atoms with van der Waals surface area (Å²) >= 11 is 0. The number of hydrogen-bond acceptors (Lipinski definition) is 5. The Kier molecular flexibility index (Phi) is 6.30. The molecule has 0 unspecified atom stereocenters. The van der Waals surface area contributed by atoms with Gasteiger partial charge in [-0.15, -0.1) is 0 Å². The number of benzene rings is 1. The minimum Gasteiger partial charge on any atom is -0.497 e. The van der Waals surface area contributed by atoms with Gasteiger partial charge in [0.2, 0.25) is 0 Å². The minimum absolute atomic E-state index is 0.697. The monoisotopic (exact) mass is 345 g/mol. The molecule has 0 aliphatic carbocycles. The number of hydrogen-bond donors (Lipinski definition) is 0. The molecule has 0 bridgehead atoms. The van der Waals surface area contributed by atoms with Crippen molar-refractivity contribution in [3.8, 4) is 11.5 Å². The van der Waals surface area contributed by atoms with E-state index in [1.54, 1.807) is 7.11 Å². The van der Waals surface area contributed by atoms with Crippen molar-refractivity contribution in [1.82, 2.24) is 14.5 Å². The third-order valence-corrected chi connectivity index (χ3v) is 4.45. The van der Waals surface area contributed by atoms with Crippen molar-refractivity contribution in [2.45, 2.75) is 25.9 Å². The maximum absolute atomic E-state index is 6.03. The number of imidazole rings is 1. The van der Waals surface area contributed by atoms with Gasteiger partial charge in [0, 0.05) is 50.8 Å². The van der Waals surface area contributed by atoms with E-state index in [1.165, 1.54) is 0 Å². The molecule has 0 radical (unpaired) electrons. The van der Waals surface area contributed by atoms with E-state index in [0.29, 0.717) is 6.61 Å². The van der Waals surface area contributed by atoms with Gasteiger partial charge in [-0.25, -0.2) is 4.98 Å². The van der Waals surface area contributed by atoms with Crippen molar-refractivity contribution in [1.29, 1.82) is 0 Å². The Bertz CT molecular complexity index is 672. The Balaban J connectivity index is 1.81. The molecule has 0 saturated heterocycles. The molecule has 3 rings (SSSR count). The Hall–Kier alpha value is -2.05. The summed E-state index contributed by atoms with van der Waals surface area (Å²) in [4.78, 5) is 6.80. The van der Waals surface area contributed by atoms with Crippen LogP contribution >= 0.6 is 0 Å². The zero-order chi connectivity index (χ0) is 17.5. The van der Waals surface area contributed by atoms with E-state index in [4.69, 9.17) is 14.2 Å². The molecule has 25 heavy (non-hydrogen) atoms. The molecule has 2 heterocycles. The fourth-order valence-corrected chi connectivity index (χ4v) is 2.91. The number of aromatic nitrogens is 2. The maximum atomic E-state index is 6.03. The third kappa shape index (κ3) is 4.96.